The third-order valence-electron chi connectivity index (χ3n) is 4.20. The van der Waals surface area contributed by atoms with Crippen LogP contribution in [0.15, 0.2) is 48.5 Å². The van der Waals surface area contributed by atoms with Crippen molar-refractivity contribution < 1.29 is 9.72 Å². The molecule has 0 radical (unpaired) electrons. The highest BCUT2D eigenvalue weighted by Crippen LogP contribution is 2.36. The molecule has 5 nitrogen and oxygen atoms in total. The number of carbonyl (C=O) groups excluding carboxylic acids is 1. The van der Waals surface area contributed by atoms with E-state index in [0.29, 0.717) is 22.7 Å². The second kappa shape index (κ2) is 6.20. The molecule has 1 saturated carbocycles. The molecule has 1 aliphatic carbocycles. The zero-order valence-electron chi connectivity index (χ0n) is 12.9. The Hall–Kier alpha value is -2.69. The van der Waals surface area contributed by atoms with Gasteiger partial charge >= 0.3 is 0 Å². The quantitative estimate of drug-likeness (QED) is 0.496. The maximum Gasteiger partial charge on any atom is 0.293 e. The number of benzene rings is 2. The van der Waals surface area contributed by atoms with E-state index in [-0.39, 0.29) is 17.5 Å². The molecule has 0 bridgehead atoms. The molecular weight excluding hydrogens is 292 g/mol. The van der Waals surface area contributed by atoms with Crippen molar-refractivity contribution >= 4 is 17.2 Å². The summed E-state index contributed by atoms with van der Waals surface area (Å²) in [5.74, 6) is 0.371. The lowest BCUT2D eigenvalue weighted by Crippen LogP contribution is -2.18. The van der Waals surface area contributed by atoms with E-state index in [1.807, 2.05) is 13.0 Å². The van der Waals surface area contributed by atoms with Crippen molar-refractivity contribution in [2.45, 2.75) is 25.8 Å². The Kier molecular flexibility index (Phi) is 4.10. The first-order valence-electron chi connectivity index (χ1n) is 7.71. The lowest BCUT2D eigenvalue weighted by atomic mass is 10.0. The molecule has 0 heterocycles. The van der Waals surface area contributed by atoms with Gasteiger partial charge in [-0.05, 0) is 37.8 Å². The van der Waals surface area contributed by atoms with Crippen molar-refractivity contribution in [1.29, 1.82) is 0 Å². The molecule has 0 unspecified atom stereocenters. The maximum atomic E-state index is 12.4. The number of nitrogens with zero attached hydrogens (tertiary/aromatic N) is 1. The number of anilines is 1. The summed E-state index contributed by atoms with van der Waals surface area (Å²) in [5.41, 5.74) is 1.26. The number of rotatable bonds is 6. The molecule has 118 valence electrons. The minimum Gasteiger partial charge on any atom is -0.377 e. The van der Waals surface area contributed by atoms with Crippen LogP contribution < -0.4 is 5.32 Å². The fraction of sp³-hybridized carbons (Fsp3) is 0.278. The minimum atomic E-state index is -0.441. The van der Waals surface area contributed by atoms with Crippen LogP contribution in [0.1, 0.15) is 35.7 Å². The number of ketones is 1. The zero-order valence-corrected chi connectivity index (χ0v) is 12.9. The third-order valence-corrected chi connectivity index (χ3v) is 4.20. The Bertz CT molecular complexity index is 739. The van der Waals surface area contributed by atoms with Gasteiger partial charge in [0.25, 0.3) is 5.69 Å². The van der Waals surface area contributed by atoms with Crippen LogP contribution in [0.3, 0.4) is 0 Å². The van der Waals surface area contributed by atoms with Crippen molar-refractivity contribution in [2.75, 3.05) is 5.32 Å². The van der Waals surface area contributed by atoms with Crippen LogP contribution in [0, 0.1) is 16.0 Å². The highest BCUT2D eigenvalue weighted by Gasteiger charge is 2.29. The van der Waals surface area contributed by atoms with Crippen LogP contribution in [-0.2, 0) is 0 Å². The summed E-state index contributed by atoms with van der Waals surface area (Å²) in [4.78, 5) is 23.3. The molecule has 2 aromatic carbocycles. The van der Waals surface area contributed by atoms with Gasteiger partial charge < -0.3 is 5.32 Å². The first-order chi connectivity index (χ1) is 11.1. The summed E-state index contributed by atoms with van der Waals surface area (Å²) in [5, 5.41) is 14.6. The lowest BCUT2D eigenvalue weighted by molar-refractivity contribution is -0.384. The average Bonchev–Trinajstić information content (AvgIpc) is 3.40. The molecule has 1 aliphatic rings. The molecule has 0 amide bonds. The van der Waals surface area contributed by atoms with E-state index in [9.17, 15) is 14.9 Å². The lowest BCUT2D eigenvalue weighted by Gasteiger charge is -2.14. The molecule has 5 heteroatoms. The second-order valence-corrected chi connectivity index (χ2v) is 5.95. The summed E-state index contributed by atoms with van der Waals surface area (Å²) in [6.07, 6.45) is 2.32. The van der Waals surface area contributed by atoms with Crippen LogP contribution >= 0.6 is 0 Å². The van der Waals surface area contributed by atoms with Crippen molar-refractivity contribution in [1.82, 2.24) is 0 Å². The average molecular weight is 310 g/mol. The minimum absolute atomic E-state index is 0.0562. The molecule has 0 saturated heterocycles. The summed E-state index contributed by atoms with van der Waals surface area (Å²) in [6, 6.07) is 13.6. The van der Waals surface area contributed by atoms with Crippen molar-refractivity contribution in [3.8, 4) is 0 Å². The number of nitro groups is 1. The topological polar surface area (TPSA) is 72.2 Å². The predicted octanol–water partition coefficient (Wildman–Crippen LogP) is 4.04. The SMILES string of the molecule is C[C@H](Nc1ccc(C(=O)c2ccccc2)cc1[N+](=O)[O-])C1CC1. The summed E-state index contributed by atoms with van der Waals surface area (Å²) in [7, 11) is 0. The van der Waals surface area contributed by atoms with E-state index in [0.717, 1.165) is 12.8 Å². The number of nitro benzene ring substituents is 1. The van der Waals surface area contributed by atoms with Gasteiger partial charge in [-0.1, -0.05) is 30.3 Å². The van der Waals surface area contributed by atoms with Gasteiger partial charge in [0.05, 0.1) is 4.92 Å². The van der Waals surface area contributed by atoms with Crippen molar-refractivity contribution in [3.05, 3.63) is 69.8 Å². The standard InChI is InChI=1S/C18H18N2O3/c1-12(13-7-8-13)19-16-10-9-15(11-17(16)20(22)23)18(21)14-5-3-2-4-6-14/h2-6,9-13,19H,7-8H2,1H3/t12-/m0/s1. The van der Waals surface area contributed by atoms with Gasteiger partial charge in [-0.15, -0.1) is 0 Å². The first-order valence-corrected chi connectivity index (χ1v) is 7.71. The van der Waals surface area contributed by atoms with Crippen LogP contribution in [0.25, 0.3) is 0 Å². The van der Waals surface area contributed by atoms with Crippen molar-refractivity contribution in [3.63, 3.8) is 0 Å². The summed E-state index contributed by atoms with van der Waals surface area (Å²) in [6.45, 7) is 2.03. The van der Waals surface area contributed by atoms with E-state index in [1.165, 1.54) is 6.07 Å². The van der Waals surface area contributed by atoms with Gasteiger partial charge in [0.2, 0.25) is 0 Å². The van der Waals surface area contributed by atoms with Gasteiger partial charge in [-0.25, -0.2) is 0 Å². The van der Waals surface area contributed by atoms with E-state index in [1.54, 1.807) is 36.4 Å². The molecule has 0 aliphatic heterocycles. The monoisotopic (exact) mass is 310 g/mol. The molecule has 0 spiro atoms. The van der Waals surface area contributed by atoms with Crippen LogP contribution in [0.4, 0.5) is 11.4 Å². The van der Waals surface area contributed by atoms with E-state index in [2.05, 4.69) is 5.32 Å². The van der Waals surface area contributed by atoms with Gasteiger partial charge in [-0.2, -0.15) is 0 Å². The maximum absolute atomic E-state index is 12.4. The zero-order chi connectivity index (χ0) is 16.4. The molecule has 0 aromatic heterocycles. The van der Waals surface area contributed by atoms with E-state index < -0.39 is 4.92 Å². The molecule has 3 rings (SSSR count). The Morgan fingerprint density at radius 3 is 2.48 bits per heavy atom. The normalized spacial score (nSPS) is 15.0. The largest absolute Gasteiger partial charge is 0.377 e. The van der Waals surface area contributed by atoms with Crippen molar-refractivity contribution in [2.24, 2.45) is 5.92 Å². The fourth-order valence-electron chi connectivity index (χ4n) is 2.66. The fourth-order valence-corrected chi connectivity index (χ4v) is 2.66. The molecule has 1 atom stereocenters. The summed E-state index contributed by atoms with van der Waals surface area (Å²) >= 11 is 0. The van der Waals surface area contributed by atoms with Crippen LogP contribution in [0.5, 0.6) is 0 Å². The molecule has 2 aromatic rings. The number of hydrogen-bond acceptors (Lipinski definition) is 4. The van der Waals surface area contributed by atoms with Gasteiger partial charge in [0.1, 0.15) is 5.69 Å². The van der Waals surface area contributed by atoms with E-state index in [4.69, 9.17) is 0 Å². The van der Waals surface area contributed by atoms with E-state index >= 15 is 0 Å². The smallest absolute Gasteiger partial charge is 0.293 e. The van der Waals surface area contributed by atoms with Crippen LogP contribution in [0.2, 0.25) is 0 Å². The molecule has 1 N–H and O–H groups in total. The molecular formula is C18H18N2O3. The highest BCUT2D eigenvalue weighted by molar-refractivity contribution is 6.09. The first kappa shape index (κ1) is 15.2. The highest BCUT2D eigenvalue weighted by atomic mass is 16.6. The Morgan fingerprint density at radius 1 is 1.17 bits per heavy atom. The number of carbonyl (C=O) groups is 1. The summed E-state index contributed by atoms with van der Waals surface area (Å²) < 4.78 is 0. The van der Waals surface area contributed by atoms with Gasteiger partial charge in [0, 0.05) is 23.2 Å². The number of hydrogen-bond donors (Lipinski definition) is 1. The van der Waals surface area contributed by atoms with Gasteiger partial charge in [-0.3, -0.25) is 14.9 Å². The molecule has 1 fully saturated rings. The Balaban J connectivity index is 1.89. The predicted molar refractivity (Wildman–Crippen MR) is 88.8 cm³/mol. The van der Waals surface area contributed by atoms with Crippen LogP contribution in [-0.4, -0.2) is 16.7 Å². The molecule has 23 heavy (non-hydrogen) atoms. The Morgan fingerprint density at radius 2 is 1.87 bits per heavy atom. The van der Waals surface area contributed by atoms with Gasteiger partial charge in [0.15, 0.2) is 5.78 Å². The second-order valence-electron chi connectivity index (χ2n) is 5.95. The third kappa shape index (κ3) is 3.39. The Labute approximate surface area is 134 Å². The number of nitrogens with one attached hydrogen (secondary N) is 1.